The van der Waals surface area contributed by atoms with Crippen molar-refractivity contribution in [3.05, 3.63) is 107 Å². The fourth-order valence-electron chi connectivity index (χ4n) is 4.62. The smallest absolute Gasteiger partial charge is 0.224 e. The lowest BCUT2D eigenvalue weighted by atomic mass is 10.00. The van der Waals surface area contributed by atoms with E-state index in [1.165, 1.54) is 6.07 Å². The van der Waals surface area contributed by atoms with Crippen LogP contribution in [0.2, 0.25) is 5.02 Å². The Kier molecular flexibility index (Phi) is 6.95. The van der Waals surface area contributed by atoms with Gasteiger partial charge < -0.3 is 20.1 Å². The van der Waals surface area contributed by atoms with Crippen LogP contribution in [0, 0.1) is 12.7 Å². The maximum atomic E-state index is 13.9. The minimum Gasteiger partial charge on any atom is -0.351 e. The number of hydrogen-bond acceptors (Lipinski definition) is 3. The van der Waals surface area contributed by atoms with Crippen molar-refractivity contribution in [2.75, 3.05) is 10.2 Å². The summed E-state index contributed by atoms with van der Waals surface area (Å²) in [5.41, 5.74) is 5.05. The molecular formula is C28H25ClFN5OS. The van der Waals surface area contributed by atoms with Crippen LogP contribution >= 0.6 is 23.8 Å². The average Bonchev–Trinajstić information content (AvgIpc) is 3.51. The number of benzene rings is 2. The predicted molar refractivity (Wildman–Crippen MR) is 149 cm³/mol. The lowest BCUT2D eigenvalue weighted by Crippen LogP contribution is -2.30. The summed E-state index contributed by atoms with van der Waals surface area (Å²) >= 11 is 12.0. The number of pyridine rings is 1. The van der Waals surface area contributed by atoms with E-state index in [0.717, 1.165) is 34.0 Å². The molecule has 2 atom stereocenters. The Morgan fingerprint density at radius 3 is 2.65 bits per heavy atom. The first kappa shape index (κ1) is 24.9. The first-order valence-electron chi connectivity index (χ1n) is 11.9. The van der Waals surface area contributed by atoms with Gasteiger partial charge in [0, 0.05) is 41.6 Å². The van der Waals surface area contributed by atoms with Crippen LogP contribution < -0.4 is 15.5 Å². The normalized spacial score (nSPS) is 17.1. The van der Waals surface area contributed by atoms with Crippen LogP contribution in [0.25, 0.3) is 5.69 Å². The highest BCUT2D eigenvalue weighted by Gasteiger charge is 2.42. The summed E-state index contributed by atoms with van der Waals surface area (Å²) in [6.45, 7) is 3.77. The second-order valence-corrected chi connectivity index (χ2v) is 9.59. The summed E-state index contributed by atoms with van der Waals surface area (Å²) in [7, 11) is 0. The summed E-state index contributed by atoms with van der Waals surface area (Å²) in [5.74, 6) is -0.514. The molecule has 0 aliphatic carbocycles. The minimum atomic E-state index is -0.471. The molecule has 1 saturated heterocycles. The van der Waals surface area contributed by atoms with Gasteiger partial charge in [0.1, 0.15) is 11.9 Å². The quantitative estimate of drug-likeness (QED) is 0.277. The van der Waals surface area contributed by atoms with E-state index in [1.807, 2.05) is 73.1 Å². The summed E-state index contributed by atoms with van der Waals surface area (Å²) in [5, 5.41) is 7.00. The van der Waals surface area contributed by atoms with E-state index in [1.54, 1.807) is 18.3 Å². The van der Waals surface area contributed by atoms with Crippen molar-refractivity contribution in [2.24, 2.45) is 0 Å². The number of nitrogens with one attached hydrogen (secondary N) is 2. The van der Waals surface area contributed by atoms with E-state index in [9.17, 15) is 9.18 Å². The molecule has 9 heteroatoms. The van der Waals surface area contributed by atoms with Crippen LogP contribution in [0.4, 0.5) is 15.8 Å². The third-order valence-electron chi connectivity index (χ3n) is 6.45. The van der Waals surface area contributed by atoms with Crippen molar-refractivity contribution in [3.63, 3.8) is 0 Å². The zero-order valence-electron chi connectivity index (χ0n) is 20.3. The number of carbonyl (C=O) groups is 1. The SMILES string of the molecule is CCC(=O)Nc1ccc(N2C(=S)N[C@H](c3ccccn3)[C@@H]2c2cccn2-c2ccc(F)c(Cl)c2)cc1C. The van der Waals surface area contributed by atoms with E-state index in [0.29, 0.717) is 11.5 Å². The Morgan fingerprint density at radius 2 is 1.95 bits per heavy atom. The second kappa shape index (κ2) is 10.3. The third kappa shape index (κ3) is 4.82. The van der Waals surface area contributed by atoms with Crippen LogP contribution in [0.15, 0.2) is 79.1 Å². The molecule has 1 aliphatic heterocycles. The molecule has 1 fully saturated rings. The molecule has 188 valence electrons. The van der Waals surface area contributed by atoms with Crippen LogP contribution in [-0.2, 0) is 4.79 Å². The van der Waals surface area contributed by atoms with Gasteiger partial charge in [0.05, 0.1) is 16.8 Å². The molecule has 0 bridgehead atoms. The number of anilines is 2. The Labute approximate surface area is 225 Å². The number of amides is 1. The van der Waals surface area contributed by atoms with Gasteiger partial charge in [0.25, 0.3) is 0 Å². The van der Waals surface area contributed by atoms with E-state index >= 15 is 0 Å². The van der Waals surface area contributed by atoms with Crippen molar-refractivity contribution < 1.29 is 9.18 Å². The van der Waals surface area contributed by atoms with Gasteiger partial charge in [0.15, 0.2) is 5.11 Å². The fraction of sp³-hybridized carbons (Fsp3) is 0.179. The number of thiocarbonyl (C=S) groups is 1. The monoisotopic (exact) mass is 533 g/mol. The Morgan fingerprint density at radius 1 is 1.14 bits per heavy atom. The van der Waals surface area contributed by atoms with Crippen LogP contribution in [0.1, 0.15) is 42.4 Å². The average molecular weight is 534 g/mol. The summed E-state index contributed by atoms with van der Waals surface area (Å²) in [6, 6.07) is 19.7. The highest BCUT2D eigenvalue weighted by atomic mass is 35.5. The van der Waals surface area contributed by atoms with Gasteiger partial charge in [-0.3, -0.25) is 9.78 Å². The standard InChI is InChI=1S/C28H25ClFN5OS/c1-3-25(36)32-22-12-10-19(15-17(22)2)35-27(26(33-28(35)37)23-7-4-5-13-31-23)24-8-6-14-34(24)18-9-11-21(30)20(29)16-18/h4-16,26-27H,3H2,1-2H3,(H,32,36)(H,33,37)/t26-,27+/m1/s1. The number of carbonyl (C=O) groups excluding carboxylic acids is 1. The third-order valence-corrected chi connectivity index (χ3v) is 7.05. The van der Waals surface area contributed by atoms with Gasteiger partial charge in [-0.2, -0.15) is 0 Å². The molecule has 1 amide bonds. The van der Waals surface area contributed by atoms with Crippen LogP contribution in [0.5, 0.6) is 0 Å². The molecule has 0 spiro atoms. The zero-order chi connectivity index (χ0) is 26.1. The number of hydrogen-bond donors (Lipinski definition) is 2. The largest absolute Gasteiger partial charge is 0.351 e. The molecule has 2 aromatic heterocycles. The number of aromatic nitrogens is 2. The molecule has 0 radical (unpaired) electrons. The van der Waals surface area contributed by atoms with Crippen molar-refractivity contribution in [3.8, 4) is 5.69 Å². The molecule has 0 saturated carbocycles. The van der Waals surface area contributed by atoms with Gasteiger partial charge in [-0.15, -0.1) is 0 Å². The van der Waals surface area contributed by atoms with Gasteiger partial charge in [0.2, 0.25) is 5.91 Å². The molecule has 2 aromatic carbocycles. The topological polar surface area (TPSA) is 62.2 Å². The Bertz CT molecular complexity index is 1470. The molecule has 3 heterocycles. The van der Waals surface area contributed by atoms with E-state index in [-0.39, 0.29) is 23.0 Å². The van der Waals surface area contributed by atoms with E-state index in [4.69, 9.17) is 23.8 Å². The van der Waals surface area contributed by atoms with Gasteiger partial charge in [-0.05, 0) is 85.4 Å². The van der Waals surface area contributed by atoms with E-state index in [2.05, 4.69) is 20.5 Å². The number of halogens is 2. The molecular weight excluding hydrogens is 509 g/mol. The van der Waals surface area contributed by atoms with Crippen molar-refractivity contribution >= 4 is 46.2 Å². The maximum absolute atomic E-state index is 13.9. The number of rotatable bonds is 6. The molecule has 4 aromatic rings. The molecule has 2 N–H and O–H groups in total. The maximum Gasteiger partial charge on any atom is 0.224 e. The van der Waals surface area contributed by atoms with Crippen molar-refractivity contribution in [2.45, 2.75) is 32.4 Å². The molecule has 5 rings (SSSR count). The first-order chi connectivity index (χ1) is 17.9. The second-order valence-electron chi connectivity index (χ2n) is 8.80. The van der Waals surface area contributed by atoms with Gasteiger partial charge >= 0.3 is 0 Å². The van der Waals surface area contributed by atoms with Crippen molar-refractivity contribution in [1.82, 2.24) is 14.9 Å². The highest BCUT2D eigenvalue weighted by molar-refractivity contribution is 7.80. The van der Waals surface area contributed by atoms with E-state index < -0.39 is 5.82 Å². The molecule has 1 aliphatic rings. The fourth-order valence-corrected chi connectivity index (χ4v) is 5.14. The molecule has 6 nitrogen and oxygen atoms in total. The summed E-state index contributed by atoms with van der Waals surface area (Å²) < 4.78 is 15.9. The predicted octanol–water partition coefficient (Wildman–Crippen LogP) is 6.50. The summed E-state index contributed by atoms with van der Waals surface area (Å²) in [4.78, 5) is 18.6. The lowest BCUT2D eigenvalue weighted by Gasteiger charge is -2.29. The highest BCUT2D eigenvalue weighted by Crippen LogP contribution is 2.43. The van der Waals surface area contributed by atoms with Crippen LogP contribution in [-0.4, -0.2) is 20.6 Å². The minimum absolute atomic E-state index is 0.0434. The Balaban J connectivity index is 1.62. The zero-order valence-corrected chi connectivity index (χ0v) is 21.9. The Hall–Kier alpha value is -3.75. The first-order valence-corrected chi connectivity index (χ1v) is 12.7. The van der Waals surface area contributed by atoms with Gasteiger partial charge in [-0.25, -0.2) is 4.39 Å². The molecule has 37 heavy (non-hydrogen) atoms. The number of nitrogens with zero attached hydrogens (tertiary/aromatic N) is 3. The van der Waals surface area contributed by atoms with Crippen LogP contribution in [0.3, 0.4) is 0 Å². The number of aryl methyl sites for hydroxylation is 1. The van der Waals surface area contributed by atoms with Gasteiger partial charge in [-0.1, -0.05) is 24.6 Å². The summed E-state index contributed by atoms with van der Waals surface area (Å²) in [6.07, 6.45) is 4.08. The lowest BCUT2D eigenvalue weighted by molar-refractivity contribution is -0.115. The van der Waals surface area contributed by atoms with Crippen molar-refractivity contribution in [1.29, 1.82) is 0 Å². The molecule has 0 unspecified atom stereocenters.